The maximum Gasteiger partial charge on any atom is 0.227 e. The van der Waals surface area contributed by atoms with Gasteiger partial charge in [-0.15, -0.1) is 0 Å². The molecular weight excluding hydrogens is 274 g/mol. The van der Waals surface area contributed by atoms with Crippen LogP contribution in [0.2, 0.25) is 5.02 Å². The van der Waals surface area contributed by atoms with Crippen LogP contribution < -0.4 is 10.5 Å². The second-order valence-electron chi connectivity index (χ2n) is 4.72. The summed E-state index contributed by atoms with van der Waals surface area (Å²) in [5.41, 5.74) is 7.61. The number of halogens is 1. The molecule has 0 fully saturated rings. The second kappa shape index (κ2) is 6.09. The van der Waals surface area contributed by atoms with E-state index in [1.807, 2.05) is 26.0 Å². The highest BCUT2D eigenvalue weighted by Gasteiger charge is 2.12. The van der Waals surface area contributed by atoms with Crippen LogP contribution in [0.25, 0.3) is 0 Å². The molecule has 0 radical (unpaired) electrons. The van der Waals surface area contributed by atoms with E-state index in [2.05, 4.69) is 16.9 Å². The van der Waals surface area contributed by atoms with Crippen LogP contribution in [0.5, 0.6) is 11.6 Å². The Balaban J connectivity index is 2.37. The molecule has 0 aliphatic carbocycles. The highest BCUT2D eigenvalue weighted by molar-refractivity contribution is 6.30. The maximum absolute atomic E-state index is 5.94. The van der Waals surface area contributed by atoms with Gasteiger partial charge in [0.05, 0.1) is 5.56 Å². The first-order valence-electron chi connectivity index (χ1n) is 6.58. The molecule has 0 saturated heterocycles. The zero-order valence-corrected chi connectivity index (χ0v) is 12.7. The Morgan fingerprint density at radius 1 is 1.25 bits per heavy atom. The van der Waals surface area contributed by atoms with Gasteiger partial charge in [0.2, 0.25) is 5.88 Å². The van der Waals surface area contributed by atoms with Gasteiger partial charge in [-0.2, -0.15) is 4.98 Å². The monoisotopic (exact) mass is 291 g/mol. The smallest absolute Gasteiger partial charge is 0.227 e. The molecule has 2 aromatic rings. The molecule has 0 bridgehead atoms. The van der Waals surface area contributed by atoms with Crippen molar-refractivity contribution in [3.05, 3.63) is 40.2 Å². The minimum atomic E-state index is 0.463. The third-order valence-corrected chi connectivity index (χ3v) is 3.24. The first-order chi connectivity index (χ1) is 9.51. The van der Waals surface area contributed by atoms with Gasteiger partial charge in [0.25, 0.3) is 0 Å². The molecule has 1 aromatic carbocycles. The van der Waals surface area contributed by atoms with Crippen molar-refractivity contribution >= 4 is 17.4 Å². The first-order valence-corrected chi connectivity index (χ1v) is 6.96. The van der Waals surface area contributed by atoms with E-state index in [1.54, 1.807) is 6.07 Å². The summed E-state index contributed by atoms with van der Waals surface area (Å²) in [4.78, 5) is 8.70. The third kappa shape index (κ3) is 3.20. The SMILES string of the molecule is CCCc1nc(N)c(C)c(Oc2ccc(Cl)cc2C)n1. The van der Waals surface area contributed by atoms with Gasteiger partial charge in [0.15, 0.2) is 0 Å². The van der Waals surface area contributed by atoms with Gasteiger partial charge in [-0.3, -0.25) is 0 Å². The Kier molecular flexibility index (Phi) is 4.45. The molecule has 1 heterocycles. The Labute approximate surface area is 124 Å². The molecule has 0 aliphatic heterocycles. The highest BCUT2D eigenvalue weighted by Crippen LogP contribution is 2.29. The fraction of sp³-hybridized carbons (Fsp3) is 0.333. The summed E-state index contributed by atoms with van der Waals surface area (Å²) in [5.74, 6) is 2.40. The van der Waals surface area contributed by atoms with Crippen molar-refractivity contribution < 1.29 is 4.74 Å². The minimum absolute atomic E-state index is 0.463. The number of ether oxygens (including phenoxy) is 1. The zero-order valence-electron chi connectivity index (χ0n) is 11.9. The minimum Gasteiger partial charge on any atom is -0.438 e. The lowest BCUT2D eigenvalue weighted by Crippen LogP contribution is -2.05. The zero-order chi connectivity index (χ0) is 14.7. The number of rotatable bonds is 4. The van der Waals surface area contributed by atoms with E-state index in [9.17, 15) is 0 Å². The Morgan fingerprint density at radius 3 is 2.65 bits per heavy atom. The third-order valence-electron chi connectivity index (χ3n) is 3.00. The summed E-state index contributed by atoms with van der Waals surface area (Å²) in [6.07, 6.45) is 1.74. The van der Waals surface area contributed by atoms with E-state index in [4.69, 9.17) is 22.1 Å². The Bertz CT molecular complexity index is 629. The summed E-state index contributed by atoms with van der Waals surface area (Å²) in [7, 11) is 0. The fourth-order valence-electron chi connectivity index (χ4n) is 1.82. The van der Waals surface area contributed by atoms with Gasteiger partial charge < -0.3 is 10.5 Å². The van der Waals surface area contributed by atoms with Crippen molar-refractivity contribution in [3.8, 4) is 11.6 Å². The number of hydrogen-bond donors (Lipinski definition) is 1. The van der Waals surface area contributed by atoms with Crippen LogP contribution in [-0.2, 0) is 6.42 Å². The quantitative estimate of drug-likeness (QED) is 0.922. The standard InChI is InChI=1S/C15H18ClN3O/c1-4-5-13-18-14(17)10(3)15(19-13)20-12-7-6-11(16)8-9(12)2/h6-8H,4-5H2,1-3H3,(H2,17,18,19). The number of nitrogens with two attached hydrogens (primary N) is 1. The van der Waals surface area contributed by atoms with E-state index < -0.39 is 0 Å². The molecular formula is C15H18ClN3O. The molecule has 1 aromatic heterocycles. The fourth-order valence-corrected chi connectivity index (χ4v) is 2.05. The molecule has 2 rings (SSSR count). The average molecular weight is 292 g/mol. The summed E-state index contributed by atoms with van der Waals surface area (Å²) in [5, 5.41) is 0.681. The highest BCUT2D eigenvalue weighted by atomic mass is 35.5. The van der Waals surface area contributed by atoms with Crippen molar-refractivity contribution in [1.29, 1.82) is 0 Å². The lowest BCUT2D eigenvalue weighted by atomic mass is 10.2. The number of nitrogen functional groups attached to an aromatic ring is 1. The maximum atomic E-state index is 5.94. The summed E-state index contributed by atoms with van der Waals surface area (Å²) >= 11 is 5.94. The van der Waals surface area contributed by atoms with Gasteiger partial charge in [-0.1, -0.05) is 18.5 Å². The van der Waals surface area contributed by atoms with Crippen molar-refractivity contribution in [2.45, 2.75) is 33.6 Å². The van der Waals surface area contributed by atoms with Gasteiger partial charge in [-0.05, 0) is 44.0 Å². The van der Waals surface area contributed by atoms with Crippen molar-refractivity contribution in [3.63, 3.8) is 0 Å². The number of anilines is 1. The average Bonchev–Trinajstić information content (AvgIpc) is 2.39. The molecule has 5 heteroatoms. The van der Waals surface area contributed by atoms with Crippen molar-refractivity contribution in [1.82, 2.24) is 9.97 Å². The lowest BCUT2D eigenvalue weighted by molar-refractivity contribution is 0.451. The number of benzene rings is 1. The van der Waals surface area contributed by atoms with Crippen molar-refractivity contribution in [2.75, 3.05) is 5.73 Å². The second-order valence-corrected chi connectivity index (χ2v) is 5.15. The molecule has 4 nitrogen and oxygen atoms in total. The number of nitrogens with zero attached hydrogens (tertiary/aromatic N) is 2. The molecule has 106 valence electrons. The van der Waals surface area contributed by atoms with E-state index in [-0.39, 0.29) is 0 Å². The van der Waals surface area contributed by atoms with Gasteiger partial charge in [0, 0.05) is 11.4 Å². The molecule has 0 aliphatic rings. The molecule has 0 unspecified atom stereocenters. The van der Waals surface area contributed by atoms with E-state index >= 15 is 0 Å². The molecule has 0 spiro atoms. The summed E-state index contributed by atoms with van der Waals surface area (Å²) in [6, 6.07) is 5.47. The lowest BCUT2D eigenvalue weighted by Gasteiger charge is -2.12. The van der Waals surface area contributed by atoms with Crippen LogP contribution >= 0.6 is 11.6 Å². The van der Waals surface area contributed by atoms with Gasteiger partial charge >= 0.3 is 0 Å². The molecule has 0 saturated carbocycles. The van der Waals surface area contributed by atoms with Gasteiger partial charge in [0.1, 0.15) is 17.4 Å². The topological polar surface area (TPSA) is 61.0 Å². The summed E-state index contributed by atoms with van der Waals surface area (Å²) < 4.78 is 5.87. The number of hydrogen-bond acceptors (Lipinski definition) is 4. The molecule has 0 atom stereocenters. The van der Waals surface area contributed by atoms with Gasteiger partial charge in [-0.25, -0.2) is 4.98 Å². The van der Waals surface area contributed by atoms with Crippen LogP contribution in [0.1, 0.15) is 30.3 Å². The van der Waals surface area contributed by atoms with E-state index in [1.165, 1.54) is 0 Å². The Morgan fingerprint density at radius 2 is 2.00 bits per heavy atom. The van der Waals surface area contributed by atoms with Crippen LogP contribution in [0.4, 0.5) is 5.82 Å². The molecule has 0 amide bonds. The van der Waals surface area contributed by atoms with E-state index in [0.717, 1.165) is 29.7 Å². The number of aryl methyl sites for hydroxylation is 2. The van der Waals surface area contributed by atoms with Crippen LogP contribution in [0.3, 0.4) is 0 Å². The number of aromatic nitrogens is 2. The Hall–Kier alpha value is -1.81. The van der Waals surface area contributed by atoms with Crippen LogP contribution in [0, 0.1) is 13.8 Å². The largest absolute Gasteiger partial charge is 0.438 e. The summed E-state index contributed by atoms with van der Waals surface area (Å²) in [6.45, 7) is 5.86. The van der Waals surface area contributed by atoms with Crippen LogP contribution in [-0.4, -0.2) is 9.97 Å². The predicted octanol–water partition coefficient (Wildman–Crippen LogP) is 4.07. The predicted molar refractivity (Wildman–Crippen MR) is 81.4 cm³/mol. The van der Waals surface area contributed by atoms with E-state index in [0.29, 0.717) is 22.5 Å². The first kappa shape index (κ1) is 14.6. The van der Waals surface area contributed by atoms with Crippen LogP contribution in [0.15, 0.2) is 18.2 Å². The molecule has 20 heavy (non-hydrogen) atoms. The molecule has 2 N–H and O–H groups in total. The van der Waals surface area contributed by atoms with Crippen molar-refractivity contribution in [2.24, 2.45) is 0 Å². The normalized spacial score (nSPS) is 10.6.